The second kappa shape index (κ2) is 6.85. The third-order valence-electron chi connectivity index (χ3n) is 1.13. The summed E-state index contributed by atoms with van der Waals surface area (Å²) in [6, 6.07) is 0. The van der Waals surface area contributed by atoms with Crippen molar-refractivity contribution in [3.63, 3.8) is 0 Å². The molecular weight excluding hydrogens is 120 g/mol. The molecule has 0 rings (SSSR count). The van der Waals surface area contributed by atoms with Gasteiger partial charge in [0.15, 0.2) is 0 Å². The van der Waals surface area contributed by atoms with E-state index in [9.17, 15) is 0 Å². The molecule has 0 aromatic rings. The molecule has 0 aromatic heterocycles. The number of allylic oxidation sites excluding steroid dienone is 2. The van der Waals surface area contributed by atoms with E-state index >= 15 is 0 Å². The molecule has 0 radical (unpaired) electrons. The first kappa shape index (κ1) is 12.4. The third-order valence-corrected chi connectivity index (χ3v) is 1.13. The molecular formula is C10H22. The Kier molecular flexibility index (Phi) is 8.51. The van der Waals surface area contributed by atoms with Gasteiger partial charge in [-0.1, -0.05) is 47.3 Å². The van der Waals surface area contributed by atoms with Gasteiger partial charge in [-0.15, -0.1) is 0 Å². The van der Waals surface area contributed by atoms with E-state index in [4.69, 9.17) is 0 Å². The Morgan fingerprint density at radius 3 is 1.90 bits per heavy atom. The molecule has 0 aromatic carbocycles. The fourth-order valence-corrected chi connectivity index (χ4v) is 0.623. The summed E-state index contributed by atoms with van der Waals surface area (Å²) in [6.45, 7) is 8.89. The van der Waals surface area contributed by atoms with Crippen LogP contribution in [0.1, 0.15) is 41.5 Å². The molecule has 0 aliphatic rings. The van der Waals surface area contributed by atoms with Crippen LogP contribution in [-0.2, 0) is 0 Å². The summed E-state index contributed by atoms with van der Waals surface area (Å²) in [5.41, 5.74) is 0. The lowest BCUT2D eigenvalue weighted by atomic mass is 10.1. The Labute approximate surface area is 66.3 Å². The second-order valence-electron chi connectivity index (χ2n) is 3.30. The van der Waals surface area contributed by atoms with Crippen molar-refractivity contribution in [3.8, 4) is 0 Å². The molecule has 0 atom stereocenters. The highest BCUT2D eigenvalue weighted by molar-refractivity contribution is 4.84. The molecule has 0 amide bonds. The summed E-state index contributed by atoms with van der Waals surface area (Å²) in [4.78, 5) is 0. The smallest absolute Gasteiger partial charge is 0.0290 e. The van der Waals surface area contributed by atoms with Crippen molar-refractivity contribution in [1.82, 2.24) is 0 Å². The lowest BCUT2D eigenvalue weighted by Gasteiger charge is -1.97. The SMILES string of the molecule is C.CC(C)/C=C/CC(C)C. The lowest BCUT2D eigenvalue weighted by Crippen LogP contribution is -1.83. The van der Waals surface area contributed by atoms with E-state index in [1.165, 1.54) is 6.42 Å². The second-order valence-corrected chi connectivity index (χ2v) is 3.30. The normalized spacial score (nSPS) is 11.0. The van der Waals surface area contributed by atoms with Gasteiger partial charge in [0.2, 0.25) is 0 Å². The van der Waals surface area contributed by atoms with E-state index in [2.05, 4.69) is 39.8 Å². The van der Waals surface area contributed by atoms with E-state index in [1.807, 2.05) is 0 Å². The Balaban J connectivity index is 0. The van der Waals surface area contributed by atoms with E-state index in [0.717, 1.165) is 5.92 Å². The minimum absolute atomic E-state index is 0. The van der Waals surface area contributed by atoms with E-state index in [-0.39, 0.29) is 7.43 Å². The van der Waals surface area contributed by atoms with Crippen molar-refractivity contribution in [1.29, 1.82) is 0 Å². The molecule has 0 spiro atoms. The summed E-state index contributed by atoms with van der Waals surface area (Å²) >= 11 is 0. The fourth-order valence-electron chi connectivity index (χ4n) is 0.623. The van der Waals surface area contributed by atoms with Crippen molar-refractivity contribution in [2.75, 3.05) is 0 Å². The van der Waals surface area contributed by atoms with Gasteiger partial charge in [0.25, 0.3) is 0 Å². The van der Waals surface area contributed by atoms with E-state index < -0.39 is 0 Å². The van der Waals surface area contributed by atoms with Gasteiger partial charge < -0.3 is 0 Å². The molecule has 0 unspecified atom stereocenters. The largest absolute Gasteiger partial charge is 0.0880 e. The zero-order chi connectivity index (χ0) is 7.28. The maximum absolute atomic E-state index is 2.27. The van der Waals surface area contributed by atoms with Crippen molar-refractivity contribution in [2.45, 2.75) is 41.5 Å². The van der Waals surface area contributed by atoms with Crippen LogP contribution in [0.5, 0.6) is 0 Å². The number of hydrogen-bond acceptors (Lipinski definition) is 0. The Morgan fingerprint density at radius 1 is 1.10 bits per heavy atom. The van der Waals surface area contributed by atoms with Crippen molar-refractivity contribution in [3.05, 3.63) is 12.2 Å². The van der Waals surface area contributed by atoms with Crippen LogP contribution >= 0.6 is 0 Å². The van der Waals surface area contributed by atoms with Crippen LogP contribution in [0, 0.1) is 11.8 Å². The molecule has 0 fully saturated rings. The van der Waals surface area contributed by atoms with Crippen molar-refractivity contribution >= 4 is 0 Å². The third kappa shape index (κ3) is 10.7. The molecule has 0 aliphatic heterocycles. The van der Waals surface area contributed by atoms with Gasteiger partial charge in [0.1, 0.15) is 0 Å². The molecule has 62 valence electrons. The summed E-state index contributed by atoms with van der Waals surface area (Å²) in [5.74, 6) is 1.52. The van der Waals surface area contributed by atoms with Crippen LogP contribution in [-0.4, -0.2) is 0 Å². The highest BCUT2D eigenvalue weighted by Gasteiger charge is 1.87. The Morgan fingerprint density at radius 2 is 1.60 bits per heavy atom. The minimum atomic E-state index is 0. The predicted molar refractivity (Wildman–Crippen MR) is 50.2 cm³/mol. The molecule has 0 heteroatoms. The standard InChI is InChI=1S/C9H18.CH4/c1-8(2)6-5-7-9(3)4;/h5-6,8-9H,7H2,1-4H3;1H4/b6-5+;. The predicted octanol–water partition coefficient (Wildman–Crippen LogP) is 3.88. The van der Waals surface area contributed by atoms with Crippen LogP contribution in [0.25, 0.3) is 0 Å². The quantitative estimate of drug-likeness (QED) is 0.524. The van der Waals surface area contributed by atoms with Gasteiger partial charge >= 0.3 is 0 Å². The van der Waals surface area contributed by atoms with Gasteiger partial charge in [-0.3, -0.25) is 0 Å². The first-order valence-corrected chi connectivity index (χ1v) is 3.79. The highest BCUT2D eigenvalue weighted by Crippen LogP contribution is 2.02. The first-order valence-electron chi connectivity index (χ1n) is 3.79. The number of hydrogen-bond donors (Lipinski definition) is 0. The van der Waals surface area contributed by atoms with Gasteiger partial charge in [-0.25, -0.2) is 0 Å². The fraction of sp³-hybridized carbons (Fsp3) is 0.800. The zero-order valence-corrected chi connectivity index (χ0v) is 7.02. The molecule has 10 heavy (non-hydrogen) atoms. The molecule has 0 bridgehead atoms. The van der Waals surface area contributed by atoms with Gasteiger partial charge in [0, 0.05) is 0 Å². The highest BCUT2D eigenvalue weighted by atomic mass is 13.9. The first-order chi connectivity index (χ1) is 4.13. The van der Waals surface area contributed by atoms with Gasteiger partial charge in [-0.2, -0.15) is 0 Å². The average Bonchev–Trinajstić information content (AvgIpc) is 1.63. The molecule has 0 aliphatic carbocycles. The Hall–Kier alpha value is -0.260. The van der Waals surface area contributed by atoms with Gasteiger partial charge in [0.05, 0.1) is 0 Å². The molecule has 0 nitrogen and oxygen atoms in total. The van der Waals surface area contributed by atoms with Gasteiger partial charge in [-0.05, 0) is 18.3 Å². The molecule has 0 saturated heterocycles. The van der Waals surface area contributed by atoms with E-state index in [1.54, 1.807) is 0 Å². The zero-order valence-electron chi connectivity index (χ0n) is 7.02. The summed E-state index contributed by atoms with van der Waals surface area (Å²) in [6.07, 6.45) is 5.76. The van der Waals surface area contributed by atoms with Crippen LogP contribution in [0.4, 0.5) is 0 Å². The summed E-state index contributed by atoms with van der Waals surface area (Å²) in [5, 5.41) is 0. The molecule has 0 saturated carbocycles. The summed E-state index contributed by atoms with van der Waals surface area (Å²) in [7, 11) is 0. The maximum atomic E-state index is 2.27. The summed E-state index contributed by atoms with van der Waals surface area (Å²) < 4.78 is 0. The van der Waals surface area contributed by atoms with E-state index in [0.29, 0.717) is 5.92 Å². The van der Waals surface area contributed by atoms with Crippen LogP contribution < -0.4 is 0 Å². The molecule has 0 heterocycles. The molecule has 0 N–H and O–H groups in total. The van der Waals surface area contributed by atoms with Crippen LogP contribution in [0.3, 0.4) is 0 Å². The monoisotopic (exact) mass is 142 g/mol. The van der Waals surface area contributed by atoms with Crippen molar-refractivity contribution < 1.29 is 0 Å². The average molecular weight is 142 g/mol. The minimum Gasteiger partial charge on any atom is -0.0880 e. The lowest BCUT2D eigenvalue weighted by molar-refractivity contribution is 0.659. The van der Waals surface area contributed by atoms with Crippen molar-refractivity contribution in [2.24, 2.45) is 11.8 Å². The Bertz CT molecular complexity index is 78.0. The topological polar surface area (TPSA) is 0 Å². The van der Waals surface area contributed by atoms with Crippen LogP contribution in [0.2, 0.25) is 0 Å². The van der Waals surface area contributed by atoms with Crippen LogP contribution in [0.15, 0.2) is 12.2 Å². The number of rotatable bonds is 3. The maximum Gasteiger partial charge on any atom is -0.0290 e.